The van der Waals surface area contributed by atoms with E-state index in [1.165, 1.54) is 12.8 Å². The van der Waals surface area contributed by atoms with E-state index in [9.17, 15) is 4.79 Å². The van der Waals surface area contributed by atoms with Crippen molar-refractivity contribution in [2.45, 2.75) is 18.9 Å². The second-order valence-corrected chi connectivity index (χ2v) is 5.37. The Morgan fingerprint density at radius 1 is 1.20 bits per heavy atom. The van der Waals surface area contributed by atoms with Crippen LogP contribution in [0, 0.1) is 0 Å². The maximum absolute atomic E-state index is 12.9. The molecule has 1 atom stereocenters. The van der Waals surface area contributed by atoms with Gasteiger partial charge in [0.25, 0.3) is 0 Å². The van der Waals surface area contributed by atoms with E-state index in [1.807, 2.05) is 23.2 Å². The standard InChI is InChI=1S/C15H21N3O2/c19-15(18-8-10-20-11-9-18)14(17-6-1-2-7-17)13-4-3-5-16-12-13/h3-5,12,14H,1-2,6-11H2. The van der Waals surface area contributed by atoms with Gasteiger partial charge in [-0.05, 0) is 37.6 Å². The number of hydrogen-bond donors (Lipinski definition) is 0. The van der Waals surface area contributed by atoms with E-state index in [4.69, 9.17) is 4.74 Å². The topological polar surface area (TPSA) is 45.7 Å². The highest BCUT2D eigenvalue weighted by Crippen LogP contribution is 2.26. The minimum absolute atomic E-state index is 0.177. The van der Waals surface area contributed by atoms with Gasteiger partial charge in [-0.15, -0.1) is 0 Å². The van der Waals surface area contributed by atoms with Crippen molar-refractivity contribution in [3.05, 3.63) is 30.1 Å². The maximum atomic E-state index is 12.9. The molecule has 1 aromatic rings. The maximum Gasteiger partial charge on any atom is 0.244 e. The second kappa shape index (κ2) is 6.33. The lowest BCUT2D eigenvalue weighted by molar-refractivity contribution is -0.141. The first-order valence-electron chi connectivity index (χ1n) is 7.37. The lowest BCUT2D eigenvalue weighted by Gasteiger charge is -2.34. The monoisotopic (exact) mass is 275 g/mol. The summed E-state index contributed by atoms with van der Waals surface area (Å²) in [6, 6.07) is 3.74. The van der Waals surface area contributed by atoms with Crippen molar-refractivity contribution in [2.24, 2.45) is 0 Å². The van der Waals surface area contributed by atoms with Gasteiger partial charge in [0.15, 0.2) is 0 Å². The van der Waals surface area contributed by atoms with Crippen LogP contribution in [0.5, 0.6) is 0 Å². The van der Waals surface area contributed by atoms with Gasteiger partial charge in [-0.25, -0.2) is 0 Å². The number of likely N-dealkylation sites (tertiary alicyclic amines) is 1. The lowest BCUT2D eigenvalue weighted by Crippen LogP contribution is -2.47. The number of nitrogens with zero attached hydrogens (tertiary/aromatic N) is 3. The number of pyridine rings is 1. The second-order valence-electron chi connectivity index (χ2n) is 5.37. The Morgan fingerprint density at radius 2 is 1.95 bits per heavy atom. The Hall–Kier alpha value is -1.46. The summed E-state index contributed by atoms with van der Waals surface area (Å²) in [5, 5.41) is 0. The van der Waals surface area contributed by atoms with Crippen LogP contribution in [0.4, 0.5) is 0 Å². The molecular formula is C15H21N3O2. The van der Waals surface area contributed by atoms with Crippen LogP contribution >= 0.6 is 0 Å². The largest absolute Gasteiger partial charge is 0.378 e. The van der Waals surface area contributed by atoms with Crippen molar-refractivity contribution < 1.29 is 9.53 Å². The van der Waals surface area contributed by atoms with Gasteiger partial charge in [0.2, 0.25) is 5.91 Å². The zero-order valence-corrected chi connectivity index (χ0v) is 11.7. The first-order chi connectivity index (χ1) is 9.86. The van der Waals surface area contributed by atoms with Crippen molar-refractivity contribution >= 4 is 5.91 Å². The molecule has 2 fully saturated rings. The van der Waals surface area contributed by atoms with Gasteiger partial charge < -0.3 is 9.64 Å². The molecule has 0 N–H and O–H groups in total. The highest BCUT2D eigenvalue weighted by molar-refractivity contribution is 5.83. The molecule has 3 rings (SSSR count). The van der Waals surface area contributed by atoms with Crippen molar-refractivity contribution in [2.75, 3.05) is 39.4 Å². The fourth-order valence-corrected chi connectivity index (χ4v) is 3.00. The van der Waals surface area contributed by atoms with Gasteiger partial charge in [0.1, 0.15) is 6.04 Å². The molecule has 1 unspecified atom stereocenters. The average Bonchev–Trinajstić information content (AvgIpc) is 3.03. The fourth-order valence-electron chi connectivity index (χ4n) is 3.00. The Labute approximate surface area is 119 Å². The van der Waals surface area contributed by atoms with E-state index >= 15 is 0 Å². The molecule has 108 valence electrons. The van der Waals surface area contributed by atoms with Crippen LogP contribution in [0.1, 0.15) is 24.4 Å². The smallest absolute Gasteiger partial charge is 0.244 e. The third-order valence-electron chi connectivity index (χ3n) is 4.06. The molecule has 20 heavy (non-hydrogen) atoms. The van der Waals surface area contributed by atoms with Crippen molar-refractivity contribution in [3.63, 3.8) is 0 Å². The number of carbonyl (C=O) groups excluding carboxylic acids is 1. The molecule has 2 saturated heterocycles. The van der Waals surface area contributed by atoms with Gasteiger partial charge in [0, 0.05) is 25.5 Å². The van der Waals surface area contributed by atoms with Crippen LogP contribution in [0.15, 0.2) is 24.5 Å². The lowest BCUT2D eigenvalue weighted by atomic mass is 10.1. The number of rotatable bonds is 3. The minimum Gasteiger partial charge on any atom is -0.378 e. The highest BCUT2D eigenvalue weighted by atomic mass is 16.5. The summed E-state index contributed by atoms with van der Waals surface area (Å²) < 4.78 is 5.34. The predicted octanol–water partition coefficient (Wildman–Crippen LogP) is 1.08. The van der Waals surface area contributed by atoms with Crippen molar-refractivity contribution in [1.82, 2.24) is 14.8 Å². The van der Waals surface area contributed by atoms with Gasteiger partial charge in [-0.2, -0.15) is 0 Å². The van der Waals surface area contributed by atoms with Crippen LogP contribution in [-0.4, -0.2) is 60.1 Å². The van der Waals surface area contributed by atoms with E-state index < -0.39 is 0 Å². The van der Waals surface area contributed by atoms with E-state index in [0.29, 0.717) is 26.3 Å². The van der Waals surface area contributed by atoms with Gasteiger partial charge in [-0.1, -0.05) is 6.07 Å². The fraction of sp³-hybridized carbons (Fsp3) is 0.600. The van der Waals surface area contributed by atoms with Crippen LogP contribution in [0.2, 0.25) is 0 Å². The minimum atomic E-state index is -0.177. The van der Waals surface area contributed by atoms with Gasteiger partial charge in [-0.3, -0.25) is 14.7 Å². The molecular weight excluding hydrogens is 254 g/mol. The third kappa shape index (κ3) is 2.83. The molecule has 0 radical (unpaired) electrons. The van der Waals surface area contributed by atoms with E-state index in [1.54, 1.807) is 6.20 Å². The number of ether oxygens (including phenoxy) is 1. The Balaban J connectivity index is 1.82. The molecule has 0 saturated carbocycles. The molecule has 3 heterocycles. The number of aromatic nitrogens is 1. The van der Waals surface area contributed by atoms with Gasteiger partial charge in [0.05, 0.1) is 13.2 Å². The SMILES string of the molecule is O=C(C(c1cccnc1)N1CCCC1)N1CCOCC1. The van der Waals surface area contributed by atoms with Crippen molar-refractivity contribution in [3.8, 4) is 0 Å². The Morgan fingerprint density at radius 3 is 2.60 bits per heavy atom. The number of hydrogen-bond acceptors (Lipinski definition) is 4. The van der Waals surface area contributed by atoms with E-state index in [0.717, 1.165) is 18.7 Å². The van der Waals surface area contributed by atoms with Crippen LogP contribution in [0.3, 0.4) is 0 Å². The Bertz CT molecular complexity index is 440. The molecule has 0 aromatic carbocycles. The van der Waals surface area contributed by atoms with Crippen molar-refractivity contribution in [1.29, 1.82) is 0 Å². The Kier molecular flexibility index (Phi) is 4.28. The quantitative estimate of drug-likeness (QED) is 0.828. The molecule has 0 aliphatic carbocycles. The average molecular weight is 275 g/mol. The number of morpholine rings is 1. The number of carbonyl (C=O) groups is 1. The summed E-state index contributed by atoms with van der Waals surface area (Å²) >= 11 is 0. The van der Waals surface area contributed by atoms with E-state index in [2.05, 4.69) is 9.88 Å². The molecule has 2 aliphatic heterocycles. The summed E-state index contributed by atoms with van der Waals surface area (Å²) in [6.07, 6.45) is 5.92. The molecule has 5 heteroatoms. The number of amides is 1. The molecule has 1 amide bonds. The zero-order valence-electron chi connectivity index (χ0n) is 11.7. The normalized spacial score (nSPS) is 21.9. The zero-order chi connectivity index (χ0) is 13.8. The molecule has 1 aromatic heterocycles. The van der Waals surface area contributed by atoms with E-state index in [-0.39, 0.29) is 11.9 Å². The summed E-state index contributed by atoms with van der Waals surface area (Å²) in [5.41, 5.74) is 1.01. The van der Waals surface area contributed by atoms with Crippen LogP contribution in [0.25, 0.3) is 0 Å². The summed E-state index contributed by atoms with van der Waals surface area (Å²) in [7, 11) is 0. The van der Waals surface area contributed by atoms with Crippen LogP contribution < -0.4 is 0 Å². The third-order valence-corrected chi connectivity index (χ3v) is 4.06. The highest BCUT2D eigenvalue weighted by Gasteiger charge is 2.33. The summed E-state index contributed by atoms with van der Waals surface area (Å²) in [4.78, 5) is 21.3. The van der Waals surface area contributed by atoms with Crippen LogP contribution in [-0.2, 0) is 9.53 Å². The molecule has 2 aliphatic rings. The first kappa shape index (κ1) is 13.5. The molecule has 5 nitrogen and oxygen atoms in total. The van der Waals surface area contributed by atoms with Gasteiger partial charge >= 0.3 is 0 Å². The first-order valence-corrected chi connectivity index (χ1v) is 7.37. The summed E-state index contributed by atoms with van der Waals surface area (Å²) in [6.45, 7) is 4.68. The predicted molar refractivity (Wildman–Crippen MR) is 75.2 cm³/mol. The summed E-state index contributed by atoms with van der Waals surface area (Å²) in [5.74, 6) is 0.197. The molecule has 0 spiro atoms. The molecule has 0 bridgehead atoms.